The Balaban J connectivity index is 4.22. The molecule has 6 heteroatoms. The second-order valence-electron chi connectivity index (χ2n) is 4.54. The van der Waals surface area contributed by atoms with Crippen molar-refractivity contribution in [2.75, 3.05) is 42.3 Å². The highest BCUT2D eigenvalue weighted by Crippen LogP contribution is 1.99. The van der Waals surface area contributed by atoms with E-state index in [2.05, 4.69) is 0 Å². The summed E-state index contributed by atoms with van der Waals surface area (Å²) in [6.45, 7) is 0. The summed E-state index contributed by atoms with van der Waals surface area (Å²) in [5, 5.41) is 0. The van der Waals surface area contributed by atoms with E-state index in [0.717, 1.165) is 0 Å². The first-order valence-corrected chi connectivity index (χ1v) is 4.11. The van der Waals surface area contributed by atoms with Crippen molar-refractivity contribution < 1.29 is 28.6 Å². The molecule has 0 aliphatic carbocycles. The Labute approximate surface area is 83.7 Å². The van der Waals surface area contributed by atoms with Crippen LogP contribution in [-0.4, -0.2) is 63.5 Å². The van der Waals surface area contributed by atoms with Gasteiger partial charge in [0.15, 0.2) is 0 Å². The summed E-state index contributed by atoms with van der Waals surface area (Å²) < 4.78 is -0.157. The average molecular weight is 206 g/mol. The van der Waals surface area contributed by atoms with E-state index >= 15 is 0 Å². The van der Waals surface area contributed by atoms with Crippen molar-refractivity contribution in [1.82, 2.24) is 0 Å². The zero-order valence-electron chi connectivity index (χ0n) is 9.53. The third-order valence-corrected chi connectivity index (χ3v) is 0.880. The Morgan fingerprint density at radius 2 is 0.929 bits per heavy atom. The maximum absolute atomic E-state index is 11.1. The van der Waals surface area contributed by atoms with Gasteiger partial charge >= 0.3 is 11.9 Å². The first kappa shape index (κ1) is 12.9. The maximum atomic E-state index is 11.1. The second-order valence-corrected chi connectivity index (χ2v) is 4.54. The van der Waals surface area contributed by atoms with Gasteiger partial charge in [0, 0.05) is 0 Å². The van der Waals surface area contributed by atoms with Gasteiger partial charge in [-0.05, 0) is 0 Å². The highest BCUT2D eigenvalue weighted by Gasteiger charge is 2.30. The van der Waals surface area contributed by atoms with Crippen molar-refractivity contribution >= 4 is 11.9 Å². The average Bonchev–Trinajstić information content (AvgIpc) is 1.78. The van der Waals surface area contributed by atoms with Gasteiger partial charge in [-0.15, -0.1) is 9.29 Å². The monoisotopic (exact) mass is 206 g/mol. The van der Waals surface area contributed by atoms with E-state index in [0.29, 0.717) is 0 Å². The molecule has 0 unspecified atom stereocenters. The molecule has 0 aliphatic rings. The number of hydrogen-bond acceptors (Lipinski definition) is 4. The Bertz CT molecular complexity index is 211. The minimum Gasteiger partial charge on any atom is -0.264 e. The predicted octanol–water partition coefficient (Wildman–Crippen LogP) is -0.685. The molecule has 0 spiro atoms. The normalized spacial score (nSPS) is 12.1. The quantitative estimate of drug-likeness (QED) is 0.341. The Kier molecular flexibility index (Phi) is 3.61. The molecule has 0 aromatic heterocycles. The van der Waals surface area contributed by atoms with Crippen molar-refractivity contribution in [3.63, 3.8) is 0 Å². The van der Waals surface area contributed by atoms with Gasteiger partial charge in [0.1, 0.15) is 42.3 Å². The molecule has 0 saturated heterocycles. The van der Waals surface area contributed by atoms with Crippen LogP contribution in [-0.2, 0) is 19.3 Å². The molecule has 82 valence electrons. The molecule has 0 rings (SSSR count). The molecule has 6 nitrogen and oxygen atoms in total. The molecule has 0 atom stereocenters. The molecule has 0 aromatic rings. The molecule has 14 heavy (non-hydrogen) atoms. The molecule has 0 bridgehead atoms. The summed E-state index contributed by atoms with van der Waals surface area (Å²) in [5.41, 5.74) is 0. The van der Waals surface area contributed by atoms with Gasteiger partial charge in [-0.1, -0.05) is 0 Å². The lowest BCUT2D eigenvalue weighted by Gasteiger charge is -2.22. The van der Waals surface area contributed by atoms with Crippen LogP contribution in [0.2, 0.25) is 0 Å². The zero-order chi connectivity index (χ0) is 11.6. The standard InChI is InChI=1S/C8H18N2O4/c1-9(2,3)13-7(11)8(12)14-10(4,5)6/h1-6H3/q+2. The van der Waals surface area contributed by atoms with Crippen molar-refractivity contribution in [2.45, 2.75) is 0 Å². The lowest BCUT2D eigenvalue weighted by molar-refractivity contribution is -1.05. The van der Waals surface area contributed by atoms with E-state index < -0.39 is 11.9 Å². The predicted molar refractivity (Wildman–Crippen MR) is 48.2 cm³/mol. The third-order valence-electron chi connectivity index (χ3n) is 0.880. The van der Waals surface area contributed by atoms with Gasteiger partial charge in [0.25, 0.3) is 0 Å². The molecule has 0 saturated carbocycles. The maximum Gasteiger partial charge on any atom is 0.480 e. The molecule has 0 radical (unpaired) electrons. The first-order valence-electron chi connectivity index (χ1n) is 4.11. The Morgan fingerprint density at radius 1 is 0.714 bits per heavy atom. The minimum absolute atomic E-state index is 0.0783. The number of rotatable bonds is 2. The van der Waals surface area contributed by atoms with E-state index in [4.69, 9.17) is 9.68 Å². The van der Waals surface area contributed by atoms with Gasteiger partial charge < -0.3 is 0 Å². The zero-order valence-corrected chi connectivity index (χ0v) is 9.53. The fraction of sp³-hybridized carbons (Fsp3) is 0.750. The number of quaternary nitrogens is 2. The highest BCUT2D eigenvalue weighted by molar-refractivity contribution is 6.29. The van der Waals surface area contributed by atoms with Crippen LogP contribution in [0.25, 0.3) is 0 Å². The number of carbonyl (C=O) groups excluding carboxylic acids is 2. The molecule has 0 amide bonds. The highest BCUT2D eigenvalue weighted by atomic mass is 16.8. The van der Waals surface area contributed by atoms with Crippen molar-refractivity contribution in [3.8, 4) is 0 Å². The molecule has 0 aromatic carbocycles. The summed E-state index contributed by atoms with van der Waals surface area (Å²) in [7, 11) is 9.73. The van der Waals surface area contributed by atoms with Crippen LogP contribution in [0.1, 0.15) is 0 Å². The van der Waals surface area contributed by atoms with E-state index in [-0.39, 0.29) is 9.29 Å². The van der Waals surface area contributed by atoms with Gasteiger partial charge in [0.2, 0.25) is 0 Å². The van der Waals surface area contributed by atoms with E-state index in [1.807, 2.05) is 0 Å². The minimum atomic E-state index is -0.995. The van der Waals surface area contributed by atoms with Gasteiger partial charge in [-0.2, -0.15) is 0 Å². The van der Waals surface area contributed by atoms with Crippen LogP contribution < -0.4 is 0 Å². The smallest absolute Gasteiger partial charge is 0.264 e. The number of hydroxylamine groups is 6. The van der Waals surface area contributed by atoms with Crippen molar-refractivity contribution in [2.24, 2.45) is 0 Å². The Morgan fingerprint density at radius 3 is 1.07 bits per heavy atom. The lowest BCUT2D eigenvalue weighted by Crippen LogP contribution is -2.44. The van der Waals surface area contributed by atoms with Crippen LogP contribution in [0.15, 0.2) is 0 Å². The van der Waals surface area contributed by atoms with Gasteiger partial charge in [-0.3, -0.25) is 9.68 Å². The summed E-state index contributed by atoms with van der Waals surface area (Å²) >= 11 is 0. The lowest BCUT2D eigenvalue weighted by atomic mass is 10.7. The fourth-order valence-corrected chi connectivity index (χ4v) is 0.572. The number of hydrogen-bond donors (Lipinski definition) is 0. The van der Waals surface area contributed by atoms with E-state index in [1.54, 1.807) is 42.3 Å². The van der Waals surface area contributed by atoms with Crippen molar-refractivity contribution in [1.29, 1.82) is 0 Å². The number of nitrogens with zero attached hydrogens (tertiary/aromatic N) is 2. The number of carbonyl (C=O) groups is 2. The van der Waals surface area contributed by atoms with Crippen LogP contribution in [0, 0.1) is 0 Å². The van der Waals surface area contributed by atoms with Gasteiger partial charge in [0.05, 0.1) is 0 Å². The summed E-state index contributed by atoms with van der Waals surface area (Å²) in [6.07, 6.45) is 0. The topological polar surface area (TPSA) is 52.6 Å². The van der Waals surface area contributed by atoms with E-state index in [9.17, 15) is 9.59 Å². The fourth-order valence-electron chi connectivity index (χ4n) is 0.572. The largest absolute Gasteiger partial charge is 0.480 e. The molecule has 0 N–H and O–H groups in total. The summed E-state index contributed by atoms with van der Waals surface area (Å²) in [5.74, 6) is -1.99. The third kappa shape index (κ3) is 6.38. The summed E-state index contributed by atoms with van der Waals surface area (Å²) in [6, 6.07) is 0. The second kappa shape index (κ2) is 3.93. The van der Waals surface area contributed by atoms with Crippen molar-refractivity contribution in [3.05, 3.63) is 0 Å². The molecule has 0 heterocycles. The molecule has 0 fully saturated rings. The van der Waals surface area contributed by atoms with Crippen LogP contribution in [0.4, 0.5) is 0 Å². The molecular weight excluding hydrogens is 188 g/mol. The van der Waals surface area contributed by atoms with E-state index in [1.165, 1.54) is 0 Å². The van der Waals surface area contributed by atoms with Crippen LogP contribution in [0.5, 0.6) is 0 Å². The SMILES string of the molecule is C[N+](C)(C)OC(=O)C(=O)O[N+](C)(C)C. The first-order chi connectivity index (χ1) is 6.01. The summed E-state index contributed by atoms with van der Waals surface area (Å²) in [4.78, 5) is 31.7. The molecular formula is C8H18N2O4+2. The Hall–Kier alpha value is -1.14. The van der Waals surface area contributed by atoms with Gasteiger partial charge in [-0.25, -0.2) is 9.59 Å². The molecule has 0 aliphatic heterocycles. The van der Waals surface area contributed by atoms with Crippen LogP contribution >= 0.6 is 0 Å². The van der Waals surface area contributed by atoms with Crippen LogP contribution in [0.3, 0.4) is 0 Å².